The molecule has 0 amide bonds. The maximum atomic E-state index is 12.9. The molecule has 0 radical (unpaired) electrons. The Balaban J connectivity index is 1.66. The lowest BCUT2D eigenvalue weighted by atomic mass is 10.2. The summed E-state index contributed by atoms with van der Waals surface area (Å²) in [6, 6.07) is 13.1. The molecule has 26 heavy (non-hydrogen) atoms. The summed E-state index contributed by atoms with van der Waals surface area (Å²) in [4.78, 5) is 15.8. The van der Waals surface area contributed by atoms with E-state index in [-0.39, 0.29) is 23.9 Å². The van der Waals surface area contributed by atoms with Crippen LogP contribution in [0, 0.1) is 12.7 Å². The molecule has 0 aliphatic rings. The van der Waals surface area contributed by atoms with Crippen LogP contribution in [0.25, 0.3) is 10.6 Å². The van der Waals surface area contributed by atoms with Crippen molar-refractivity contribution in [1.82, 2.24) is 4.98 Å². The molecule has 0 aliphatic heterocycles. The highest BCUT2D eigenvalue weighted by molar-refractivity contribution is 7.17. The molecule has 5 nitrogen and oxygen atoms in total. The molecule has 2 aromatic carbocycles. The van der Waals surface area contributed by atoms with Gasteiger partial charge in [-0.2, -0.15) is 0 Å². The first-order valence-corrected chi connectivity index (χ1v) is 8.67. The molecule has 1 aromatic heterocycles. The van der Waals surface area contributed by atoms with Crippen molar-refractivity contribution >= 4 is 17.3 Å². The fourth-order valence-electron chi connectivity index (χ4n) is 2.32. The van der Waals surface area contributed by atoms with E-state index in [2.05, 4.69) is 4.98 Å². The van der Waals surface area contributed by atoms with Crippen LogP contribution in [0.3, 0.4) is 0 Å². The smallest absolute Gasteiger partial charge is 0.347 e. The molecule has 3 rings (SSSR count). The molecule has 0 fully saturated rings. The second-order valence-corrected chi connectivity index (χ2v) is 6.38. The van der Waals surface area contributed by atoms with Crippen molar-refractivity contribution in [2.24, 2.45) is 0 Å². The zero-order valence-corrected chi connectivity index (χ0v) is 14.8. The maximum Gasteiger partial charge on any atom is 0.347 e. The lowest BCUT2D eigenvalue weighted by Gasteiger charge is -2.11. The van der Waals surface area contributed by atoms with Gasteiger partial charge in [-0.05, 0) is 43.3 Å². The molecule has 7 heteroatoms. The average molecular weight is 373 g/mol. The van der Waals surface area contributed by atoms with Crippen LogP contribution in [0.1, 0.15) is 15.4 Å². The number of carboxylic acids is 1. The molecule has 3 aromatic rings. The Morgan fingerprint density at radius 2 is 1.81 bits per heavy atom. The number of carbonyl (C=O) groups is 1. The van der Waals surface area contributed by atoms with Crippen LogP contribution in [0.2, 0.25) is 0 Å². The number of halogens is 1. The Labute approximate surface area is 153 Å². The highest BCUT2D eigenvalue weighted by atomic mass is 32.1. The summed E-state index contributed by atoms with van der Waals surface area (Å²) in [5.74, 6) is -0.148. The van der Waals surface area contributed by atoms with E-state index in [1.54, 1.807) is 25.1 Å². The van der Waals surface area contributed by atoms with E-state index in [0.717, 1.165) is 16.9 Å². The average Bonchev–Trinajstić information content (AvgIpc) is 3.02. The number of aryl methyl sites for hydroxylation is 1. The number of aromatic nitrogens is 1. The topological polar surface area (TPSA) is 68.7 Å². The standard InChI is InChI=1S/C19H16FNO4S/c1-12-17(19(22)23)26-18(21-12)15-4-2-3-5-16(15)25-11-10-24-14-8-6-13(20)7-9-14/h2-9H,10-11H2,1H3,(H,22,23). The van der Waals surface area contributed by atoms with Crippen LogP contribution in [-0.2, 0) is 0 Å². The van der Waals surface area contributed by atoms with Crippen molar-refractivity contribution < 1.29 is 23.8 Å². The molecule has 0 aliphatic carbocycles. The third kappa shape index (κ3) is 4.18. The fourth-order valence-corrected chi connectivity index (χ4v) is 3.26. The predicted molar refractivity (Wildman–Crippen MR) is 96.6 cm³/mol. The third-order valence-corrected chi connectivity index (χ3v) is 4.71. The molecule has 0 saturated carbocycles. The van der Waals surface area contributed by atoms with E-state index in [4.69, 9.17) is 9.47 Å². The normalized spacial score (nSPS) is 10.5. The lowest BCUT2D eigenvalue weighted by molar-refractivity contribution is 0.0701. The summed E-state index contributed by atoms with van der Waals surface area (Å²) >= 11 is 1.11. The Morgan fingerprint density at radius 1 is 1.12 bits per heavy atom. The molecular weight excluding hydrogens is 357 g/mol. The Kier molecular flexibility index (Phi) is 5.48. The van der Waals surface area contributed by atoms with E-state index >= 15 is 0 Å². The van der Waals surface area contributed by atoms with E-state index < -0.39 is 5.97 Å². The van der Waals surface area contributed by atoms with Gasteiger partial charge in [-0.1, -0.05) is 12.1 Å². The molecule has 0 saturated heterocycles. The quantitative estimate of drug-likeness (QED) is 0.621. The number of hydrogen-bond donors (Lipinski definition) is 1. The van der Waals surface area contributed by atoms with Gasteiger partial charge in [-0.25, -0.2) is 14.2 Å². The van der Waals surface area contributed by atoms with Gasteiger partial charge in [0, 0.05) is 0 Å². The minimum atomic E-state index is -0.989. The monoisotopic (exact) mass is 373 g/mol. The minimum absolute atomic E-state index is 0.217. The molecule has 1 N–H and O–H groups in total. The lowest BCUT2D eigenvalue weighted by Crippen LogP contribution is -2.09. The van der Waals surface area contributed by atoms with Crippen molar-refractivity contribution in [3.05, 3.63) is 64.9 Å². The maximum absolute atomic E-state index is 12.9. The van der Waals surface area contributed by atoms with Gasteiger partial charge in [0.15, 0.2) is 0 Å². The first-order valence-electron chi connectivity index (χ1n) is 7.86. The zero-order valence-electron chi connectivity index (χ0n) is 13.9. The van der Waals surface area contributed by atoms with Gasteiger partial charge in [0.1, 0.15) is 40.4 Å². The predicted octanol–water partition coefficient (Wildman–Crippen LogP) is 4.41. The van der Waals surface area contributed by atoms with Gasteiger partial charge in [0.2, 0.25) is 0 Å². The number of carboxylic acid groups (broad SMARTS) is 1. The van der Waals surface area contributed by atoms with Gasteiger partial charge in [-0.15, -0.1) is 11.3 Å². The summed E-state index contributed by atoms with van der Waals surface area (Å²) in [5.41, 5.74) is 1.21. The first-order chi connectivity index (χ1) is 12.5. The van der Waals surface area contributed by atoms with E-state index in [1.807, 2.05) is 18.2 Å². The third-order valence-electron chi connectivity index (χ3n) is 3.53. The number of nitrogens with zero attached hydrogens (tertiary/aromatic N) is 1. The highest BCUT2D eigenvalue weighted by Crippen LogP contribution is 2.34. The summed E-state index contributed by atoms with van der Waals surface area (Å²) in [6.07, 6.45) is 0. The number of para-hydroxylation sites is 1. The largest absolute Gasteiger partial charge is 0.490 e. The number of rotatable bonds is 7. The molecule has 0 atom stereocenters. The van der Waals surface area contributed by atoms with Gasteiger partial charge >= 0.3 is 5.97 Å². The van der Waals surface area contributed by atoms with Crippen molar-refractivity contribution in [2.75, 3.05) is 13.2 Å². The number of hydrogen-bond acceptors (Lipinski definition) is 5. The van der Waals surface area contributed by atoms with Crippen molar-refractivity contribution in [1.29, 1.82) is 0 Å². The Hall–Kier alpha value is -2.93. The molecule has 0 spiro atoms. The van der Waals surface area contributed by atoms with Gasteiger partial charge in [0.25, 0.3) is 0 Å². The second kappa shape index (κ2) is 7.97. The Bertz CT molecular complexity index is 908. The van der Waals surface area contributed by atoms with Gasteiger partial charge < -0.3 is 14.6 Å². The van der Waals surface area contributed by atoms with Crippen molar-refractivity contribution in [2.45, 2.75) is 6.92 Å². The molecule has 0 bridgehead atoms. The SMILES string of the molecule is Cc1nc(-c2ccccc2OCCOc2ccc(F)cc2)sc1C(=O)O. The van der Waals surface area contributed by atoms with Crippen LogP contribution in [0.4, 0.5) is 4.39 Å². The van der Waals surface area contributed by atoms with Crippen LogP contribution in [-0.4, -0.2) is 29.3 Å². The molecular formula is C19H16FNO4S. The molecule has 1 heterocycles. The van der Waals surface area contributed by atoms with Crippen LogP contribution in [0.5, 0.6) is 11.5 Å². The van der Waals surface area contributed by atoms with Gasteiger partial charge in [-0.3, -0.25) is 0 Å². The Morgan fingerprint density at radius 3 is 2.50 bits per heavy atom. The number of benzene rings is 2. The summed E-state index contributed by atoms with van der Waals surface area (Å²) in [7, 11) is 0. The van der Waals surface area contributed by atoms with Crippen LogP contribution in [0.15, 0.2) is 48.5 Å². The van der Waals surface area contributed by atoms with Crippen molar-refractivity contribution in [3.8, 4) is 22.1 Å². The van der Waals surface area contributed by atoms with E-state index in [0.29, 0.717) is 22.2 Å². The summed E-state index contributed by atoms with van der Waals surface area (Å²) < 4.78 is 24.1. The minimum Gasteiger partial charge on any atom is -0.490 e. The van der Waals surface area contributed by atoms with E-state index in [9.17, 15) is 14.3 Å². The van der Waals surface area contributed by atoms with Gasteiger partial charge in [0.05, 0.1) is 11.3 Å². The van der Waals surface area contributed by atoms with Crippen LogP contribution >= 0.6 is 11.3 Å². The zero-order chi connectivity index (χ0) is 18.5. The highest BCUT2D eigenvalue weighted by Gasteiger charge is 2.17. The van der Waals surface area contributed by atoms with Crippen molar-refractivity contribution in [3.63, 3.8) is 0 Å². The summed E-state index contributed by atoms with van der Waals surface area (Å²) in [5, 5.41) is 9.79. The number of ether oxygens (including phenoxy) is 2. The molecule has 0 unspecified atom stereocenters. The number of aromatic carboxylic acids is 1. The number of thiazole rings is 1. The summed E-state index contributed by atoms with van der Waals surface area (Å²) in [6.45, 7) is 2.24. The fraction of sp³-hybridized carbons (Fsp3) is 0.158. The van der Waals surface area contributed by atoms with Crippen LogP contribution < -0.4 is 9.47 Å². The molecule has 134 valence electrons. The first kappa shape index (κ1) is 17.9. The second-order valence-electron chi connectivity index (χ2n) is 5.39. The van der Waals surface area contributed by atoms with E-state index in [1.165, 1.54) is 12.1 Å².